The van der Waals surface area contributed by atoms with Gasteiger partial charge in [-0.15, -0.1) is 0 Å². The molecule has 1 aliphatic rings. The summed E-state index contributed by atoms with van der Waals surface area (Å²) >= 11 is 6.14. The second kappa shape index (κ2) is 5.29. The maximum absolute atomic E-state index is 6.49. The molecule has 2 aromatic rings. The number of nitrogens with zero attached hydrogens (tertiary/aromatic N) is 2. The molecule has 2 atom stereocenters. The molecule has 3 rings (SSSR count). The summed E-state index contributed by atoms with van der Waals surface area (Å²) in [5.41, 5.74) is 8.57. The van der Waals surface area contributed by atoms with Crippen LogP contribution in [-0.2, 0) is 5.41 Å². The number of benzene rings is 1. The van der Waals surface area contributed by atoms with E-state index in [1.807, 2.05) is 12.1 Å². The van der Waals surface area contributed by atoms with E-state index in [9.17, 15) is 0 Å². The van der Waals surface area contributed by atoms with E-state index in [0.717, 1.165) is 34.7 Å². The minimum absolute atomic E-state index is 0.0476. The third-order valence-electron chi connectivity index (χ3n) is 4.96. The van der Waals surface area contributed by atoms with Gasteiger partial charge in [-0.3, -0.25) is 0 Å². The first-order valence-corrected chi connectivity index (χ1v) is 8.25. The second-order valence-corrected chi connectivity index (χ2v) is 7.24. The summed E-state index contributed by atoms with van der Waals surface area (Å²) in [6, 6.07) is 6.51. The molecular weight excluding hydrogens is 282 g/mol. The normalized spacial score (nSPS) is 26.7. The van der Waals surface area contributed by atoms with Crippen LogP contribution in [0, 0.1) is 0 Å². The third-order valence-corrected chi connectivity index (χ3v) is 5.19. The van der Waals surface area contributed by atoms with Crippen LogP contribution in [0.15, 0.2) is 18.2 Å². The Morgan fingerprint density at radius 2 is 2.14 bits per heavy atom. The summed E-state index contributed by atoms with van der Waals surface area (Å²) in [6.45, 7) is 6.69. The molecule has 2 N–H and O–H groups in total. The summed E-state index contributed by atoms with van der Waals surface area (Å²) < 4.78 is 2.34. The van der Waals surface area contributed by atoms with Gasteiger partial charge in [-0.2, -0.15) is 0 Å². The molecule has 1 fully saturated rings. The van der Waals surface area contributed by atoms with E-state index in [-0.39, 0.29) is 11.5 Å². The fourth-order valence-electron chi connectivity index (χ4n) is 3.64. The first-order chi connectivity index (χ1) is 9.93. The molecule has 1 saturated carbocycles. The SMILES string of the molecule is CC(C)n1c(C2(C)CCCCC2N)nc2cc(Cl)ccc21. The quantitative estimate of drug-likeness (QED) is 0.892. The van der Waals surface area contributed by atoms with Gasteiger partial charge >= 0.3 is 0 Å². The molecule has 3 nitrogen and oxygen atoms in total. The predicted octanol–water partition coefficient (Wildman–Crippen LogP) is 4.43. The van der Waals surface area contributed by atoms with Crippen LogP contribution in [0.25, 0.3) is 11.0 Å². The standard InChI is InChI=1S/C17H24ClN3/c1-11(2)21-14-8-7-12(18)10-13(14)20-16(21)17(3)9-5-4-6-15(17)19/h7-8,10-11,15H,4-6,9,19H2,1-3H3. The van der Waals surface area contributed by atoms with Crippen molar-refractivity contribution in [1.82, 2.24) is 9.55 Å². The van der Waals surface area contributed by atoms with Gasteiger partial charge in [0, 0.05) is 22.5 Å². The summed E-state index contributed by atoms with van der Waals surface area (Å²) in [7, 11) is 0. The van der Waals surface area contributed by atoms with E-state index in [1.165, 1.54) is 12.8 Å². The number of halogens is 1. The molecular formula is C17H24ClN3. The van der Waals surface area contributed by atoms with Gasteiger partial charge in [-0.05, 0) is 44.9 Å². The van der Waals surface area contributed by atoms with Crippen molar-refractivity contribution in [1.29, 1.82) is 0 Å². The van der Waals surface area contributed by atoms with Gasteiger partial charge < -0.3 is 10.3 Å². The number of aromatic nitrogens is 2. The zero-order valence-electron chi connectivity index (χ0n) is 13.1. The molecule has 0 spiro atoms. The Morgan fingerprint density at radius 3 is 2.81 bits per heavy atom. The molecule has 0 radical (unpaired) electrons. The Labute approximate surface area is 131 Å². The lowest BCUT2D eigenvalue weighted by atomic mass is 9.71. The topological polar surface area (TPSA) is 43.8 Å². The van der Waals surface area contributed by atoms with Crippen LogP contribution >= 0.6 is 11.6 Å². The number of hydrogen-bond donors (Lipinski definition) is 1. The van der Waals surface area contributed by atoms with Crippen LogP contribution < -0.4 is 5.73 Å². The largest absolute Gasteiger partial charge is 0.327 e. The second-order valence-electron chi connectivity index (χ2n) is 6.80. The summed E-state index contributed by atoms with van der Waals surface area (Å²) in [5.74, 6) is 1.13. The van der Waals surface area contributed by atoms with Gasteiger partial charge in [0.15, 0.2) is 0 Å². The molecule has 21 heavy (non-hydrogen) atoms. The minimum Gasteiger partial charge on any atom is -0.327 e. The lowest BCUT2D eigenvalue weighted by molar-refractivity contribution is 0.249. The number of rotatable bonds is 2. The highest BCUT2D eigenvalue weighted by Crippen LogP contribution is 2.40. The van der Waals surface area contributed by atoms with Crippen molar-refractivity contribution in [2.45, 2.75) is 64.0 Å². The van der Waals surface area contributed by atoms with E-state index in [2.05, 4.69) is 31.4 Å². The highest BCUT2D eigenvalue weighted by Gasteiger charge is 2.40. The molecule has 0 aliphatic heterocycles. The van der Waals surface area contributed by atoms with E-state index >= 15 is 0 Å². The van der Waals surface area contributed by atoms with E-state index in [1.54, 1.807) is 0 Å². The van der Waals surface area contributed by atoms with Crippen LogP contribution in [0.4, 0.5) is 0 Å². The van der Waals surface area contributed by atoms with E-state index < -0.39 is 0 Å². The monoisotopic (exact) mass is 305 g/mol. The molecule has 0 saturated heterocycles. The Bertz CT molecular complexity index is 661. The van der Waals surface area contributed by atoms with Gasteiger partial charge in [0.1, 0.15) is 5.82 Å². The fraction of sp³-hybridized carbons (Fsp3) is 0.588. The maximum Gasteiger partial charge on any atom is 0.117 e. The molecule has 0 bridgehead atoms. The van der Waals surface area contributed by atoms with Crippen molar-refractivity contribution in [3.63, 3.8) is 0 Å². The molecule has 1 aliphatic carbocycles. The smallest absolute Gasteiger partial charge is 0.117 e. The molecule has 4 heteroatoms. The zero-order valence-corrected chi connectivity index (χ0v) is 13.8. The van der Waals surface area contributed by atoms with E-state index in [4.69, 9.17) is 22.3 Å². The van der Waals surface area contributed by atoms with Gasteiger partial charge in [-0.25, -0.2) is 4.98 Å². The highest BCUT2D eigenvalue weighted by molar-refractivity contribution is 6.31. The number of hydrogen-bond acceptors (Lipinski definition) is 2. The Balaban J connectivity index is 2.23. The number of fused-ring (bicyclic) bond motifs is 1. The average molecular weight is 306 g/mol. The Kier molecular flexibility index (Phi) is 3.74. The average Bonchev–Trinajstić information content (AvgIpc) is 2.81. The molecule has 1 aromatic carbocycles. The summed E-state index contributed by atoms with van der Waals surface area (Å²) in [5, 5.41) is 0.737. The van der Waals surface area contributed by atoms with E-state index in [0.29, 0.717) is 6.04 Å². The minimum atomic E-state index is -0.0476. The first kappa shape index (κ1) is 14.9. The van der Waals surface area contributed by atoms with Crippen molar-refractivity contribution in [3.05, 3.63) is 29.0 Å². The molecule has 2 unspecified atom stereocenters. The molecule has 1 aromatic heterocycles. The highest BCUT2D eigenvalue weighted by atomic mass is 35.5. The van der Waals surface area contributed by atoms with Gasteiger partial charge in [-0.1, -0.05) is 31.4 Å². The third kappa shape index (κ3) is 2.36. The van der Waals surface area contributed by atoms with Gasteiger partial charge in [0.2, 0.25) is 0 Å². The van der Waals surface area contributed by atoms with Gasteiger partial charge in [0.05, 0.1) is 11.0 Å². The van der Waals surface area contributed by atoms with Crippen LogP contribution in [0.1, 0.15) is 58.3 Å². The number of imidazole rings is 1. The Hall–Kier alpha value is -1.06. The van der Waals surface area contributed by atoms with Crippen LogP contribution in [0.3, 0.4) is 0 Å². The van der Waals surface area contributed by atoms with Crippen LogP contribution in [-0.4, -0.2) is 15.6 Å². The lowest BCUT2D eigenvalue weighted by Gasteiger charge is -2.39. The van der Waals surface area contributed by atoms with Crippen LogP contribution in [0.5, 0.6) is 0 Å². The van der Waals surface area contributed by atoms with Crippen LogP contribution in [0.2, 0.25) is 5.02 Å². The Morgan fingerprint density at radius 1 is 1.38 bits per heavy atom. The fourth-order valence-corrected chi connectivity index (χ4v) is 3.80. The lowest BCUT2D eigenvalue weighted by Crippen LogP contribution is -2.47. The molecule has 0 amide bonds. The predicted molar refractivity (Wildman–Crippen MR) is 88.9 cm³/mol. The molecule has 114 valence electrons. The maximum atomic E-state index is 6.49. The van der Waals surface area contributed by atoms with Crippen molar-refractivity contribution in [2.75, 3.05) is 0 Å². The van der Waals surface area contributed by atoms with Crippen molar-refractivity contribution < 1.29 is 0 Å². The zero-order chi connectivity index (χ0) is 15.2. The summed E-state index contributed by atoms with van der Waals surface area (Å²) in [6.07, 6.45) is 4.65. The first-order valence-electron chi connectivity index (χ1n) is 7.87. The summed E-state index contributed by atoms with van der Waals surface area (Å²) in [4.78, 5) is 4.94. The van der Waals surface area contributed by atoms with Crippen molar-refractivity contribution >= 4 is 22.6 Å². The van der Waals surface area contributed by atoms with Gasteiger partial charge in [0.25, 0.3) is 0 Å². The van der Waals surface area contributed by atoms with Crippen molar-refractivity contribution in [3.8, 4) is 0 Å². The molecule has 1 heterocycles. The number of nitrogens with two attached hydrogens (primary N) is 1. The van der Waals surface area contributed by atoms with Crippen molar-refractivity contribution in [2.24, 2.45) is 5.73 Å².